The Labute approximate surface area is 170 Å². The molecule has 0 bridgehead atoms. The van der Waals surface area contributed by atoms with Crippen LogP contribution in [0.3, 0.4) is 0 Å². The SMILES string of the molecule is COc1cccc(-c2ccc3c(NC(=O)NCCN4CCCCC4)n[nH]c3c2)c1. The van der Waals surface area contributed by atoms with Gasteiger partial charge in [0.25, 0.3) is 0 Å². The number of carbonyl (C=O) groups excluding carboxylic acids is 1. The van der Waals surface area contributed by atoms with Gasteiger partial charge in [-0.2, -0.15) is 5.10 Å². The number of urea groups is 1. The number of carbonyl (C=O) groups is 1. The quantitative estimate of drug-likeness (QED) is 0.594. The lowest BCUT2D eigenvalue weighted by atomic mass is 10.0. The number of fused-ring (bicyclic) bond motifs is 1. The fourth-order valence-electron chi connectivity index (χ4n) is 3.76. The maximum absolute atomic E-state index is 12.2. The molecule has 3 N–H and O–H groups in total. The van der Waals surface area contributed by atoms with E-state index in [0.717, 1.165) is 47.4 Å². The van der Waals surface area contributed by atoms with E-state index in [1.807, 2.05) is 42.5 Å². The number of likely N-dealkylation sites (tertiary alicyclic amines) is 1. The van der Waals surface area contributed by atoms with Crippen molar-refractivity contribution in [3.05, 3.63) is 42.5 Å². The first-order valence-electron chi connectivity index (χ1n) is 10.1. The molecule has 1 aliphatic heterocycles. The molecule has 1 fully saturated rings. The average molecular weight is 393 g/mol. The summed E-state index contributed by atoms with van der Waals surface area (Å²) in [6.45, 7) is 3.78. The van der Waals surface area contributed by atoms with Crippen molar-refractivity contribution in [2.75, 3.05) is 38.6 Å². The summed E-state index contributed by atoms with van der Waals surface area (Å²) in [5.74, 6) is 1.35. The predicted octanol–water partition coefficient (Wildman–Crippen LogP) is 3.85. The van der Waals surface area contributed by atoms with Gasteiger partial charge in [-0.1, -0.05) is 24.6 Å². The summed E-state index contributed by atoms with van der Waals surface area (Å²) < 4.78 is 5.30. The van der Waals surface area contributed by atoms with Crippen molar-refractivity contribution in [3.8, 4) is 16.9 Å². The van der Waals surface area contributed by atoms with E-state index in [-0.39, 0.29) is 6.03 Å². The Bertz CT molecular complexity index is 978. The van der Waals surface area contributed by atoms with Crippen molar-refractivity contribution in [3.63, 3.8) is 0 Å². The minimum Gasteiger partial charge on any atom is -0.497 e. The van der Waals surface area contributed by atoms with Gasteiger partial charge in [-0.05, 0) is 61.3 Å². The number of piperidine rings is 1. The average Bonchev–Trinajstić information content (AvgIpc) is 3.16. The van der Waals surface area contributed by atoms with Crippen molar-refractivity contribution in [2.24, 2.45) is 0 Å². The number of nitrogens with zero attached hydrogens (tertiary/aromatic N) is 2. The number of hydrogen-bond donors (Lipinski definition) is 3. The zero-order valence-corrected chi connectivity index (χ0v) is 16.7. The van der Waals surface area contributed by atoms with E-state index in [9.17, 15) is 4.79 Å². The van der Waals surface area contributed by atoms with Crippen LogP contribution in [0.1, 0.15) is 19.3 Å². The zero-order valence-electron chi connectivity index (χ0n) is 16.7. The molecule has 1 aromatic heterocycles. The minimum absolute atomic E-state index is 0.229. The van der Waals surface area contributed by atoms with Crippen LogP contribution in [-0.2, 0) is 0 Å². The number of anilines is 1. The molecular weight excluding hydrogens is 366 g/mol. The standard InChI is InChI=1S/C22H27N5O2/c1-29-18-7-5-6-16(14-18)17-8-9-19-20(15-17)25-26-21(19)24-22(28)23-10-13-27-11-3-2-4-12-27/h5-9,14-15H,2-4,10-13H2,1H3,(H3,23,24,25,26,28). The molecule has 0 atom stereocenters. The van der Waals surface area contributed by atoms with Gasteiger partial charge in [-0.25, -0.2) is 4.79 Å². The number of benzene rings is 2. The summed E-state index contributed by atoms with van der Waals surface area (Å²) in [5, 5.41) is 13.9. The number of hydrogen-bond acceptors (Lipinski definition) is 4. The lowest BCUT2D eigenvalue weighted by molar-refractivity contribution is 0.224. The first kappa shape index (κ1) is 19.3. The van der Waals surface area contributed by atoms with Gasteiger partial charge in [-0.3, -0.25) is 10.4 Å². The number of methoxy groups -OCH3 is 1. The molecule has 0 unspecified atom stereocenters. The van der Waals surface area contributed by atoms with E-state index in [2.05, 4.69) is 25.7 Å². The molecule has 1 saturated heterocycles. The van der Waals surface area contributed by atoms with Gasteiger partial charge in [0, 0.05) is 18.5 Å². The Morgan fingerprint density at radius 3 is 2.79 bits per heavy atom. The number of aromatic nitrogens is 2. The fraction of sp³-hybridized carbons (Fsp3) is 0.364. The molecule has 0 aliphatic carbocycles. The van der Waals surface area contributed by atoms with Crippen LogP contribution in [0.2, 0.25) is 0 Å². The highest BCUT2D eigenvalue weighted by Gasteiger charge is 2.12. The third-order valence-corrected chi connectivity index (χ3v) is 5.36. The lowest BCUT2D eigenvalue weighted by Crippen LogP contribution is -2.39. The van der Waals surface area contributed by atoms with E-state index in [1.165, 1.54) is 19.3 Å². The van der Waals surface area contributed by atoms with Crippen LogP contribution in [0.4, 0.5) is 10.6 Å². The molecule has 7 heteroatoms. The zero-order chi connectivity index (χ0) is 20.1. The second kappa shape index (κ2) is 8.96. The molecule has 4 rings (SSSR count). The predicted molar refractivity (Wildman–Crippen MR) is 115 cm³/mol. The Morgan fingerprint density at radius 2 is 1.97 bits per heavy atom. The van der Waals surface area contributed by atoms with Gasteiger partial charge in [-0.15, -0.1) is 0 Å². The molecule has 29 heavy (non-hydrogen) atoms. The summed E-state index contributed by atoms with van der Waals surface area (Å²) in [6, 6.07) is 13.7. The molecule has 2 heterocycles. The molecule has 0 spiro atoms. The van der Waals surface area contributed by atoms with Gasteiger partial charge in [0.2, 0.25) is 0 Å². The first-order chi connectivity index (χ1) is 14.2. The van der Waals surface area contributed by atoms with E-state index < -0.39 is 0 Å². The third-order valence-electron chi connectivity index (χ3n) is 5.36. The van der Waals surface area contributed by atoms with Crippen molar-refractivity contribution in [2.45, 2.75) is 19.3 Å². The molecule has 152 valence electrons. The number of H-pyrrole nitrogens is 1. The normalized spacial score (nSPS) is 14.7. The molecule has 3 aromatic rings. The summed E-state index contributed by atoms with van der Waals surface area (Å²) in [6.07, 6.45) is 3.82. The van der Waals surface area contributed by atoms with Crippen molar-refractivity contribution in [1.29, 1.82) is 0 Å². The highest BCUT2D eigenvalue weighted by Crippen LogP contribution is 2.28. The second-order valence-corrected chi connectivity index (χ2v) is 7.35. The maximum atomic E-state index is 12.2. The van der Waals surface area contributed by atoms with Gasteiger partial charge >= 0.3 is 6.03 Å². The summed E-state index contributed by atoms with van der Waals surface area (Å²) in [4.78, 5) is 14.6. The molecule has 2 amide bonds. The van der Waals surface area contributed by atoms with E-state index in [4.69, 9.17) is 4.74 Å². The molecule has 7 nitrogen and oxygen atoms in total. The lowest BCUT2D eigenvalue weighted by Gasteiger charge is -2.26. The smallest absolute Gasteiger partial charge is 0.320 e. The number of rotatable bonds is 6. The number of amides is 2. The first-order valence-corrected chi connectivity index (χ1v) is 10.1. The van der Waals surface area contributed by atoms with Crippen molar-refractivity contribution in [1.82, 2.24) is 20.4 Å². The van der Waals surface area contributed by atoms with E-state index >= 15 is 0 Å². The second-order valence-electron chi connectivity index (χ2n) is 7.35. The third kappa shape index (κ3) is 4.68. The van der Waals surface area contributed by atoms with Gasteiger partial charge in [0.05, 0.1) is 12.6 Å². The van der Waals surface area contributed by atoms with Crippen molar-refractivity contribution >= 4 is 22.8 Å². The topological polar surface area (TPSA) is 82.3 Å². The highest BCUT2D eigenvalue weighted by atomic mass is 16.5. The van der Waals surface area contributed by atoms with Crippen LogP contribution >= 0.6 is 0 Å². The monoisotopic (exact) mass is 393 g/mol. The van der Waals surface area contributed by atoms with Gasteiger partial charge in [0.15, 0.2) is 5.82 Å². The Morgan fingerprint density at radius 1 is 1.14 bits per heavy atom. The Balaban J connectivity index is 1.38. The molecule has 0 saturated carbocycles. The van der Waals surface area contributed by atoms with E-state index in [1.54, 1.807) is 7.11 Å². The molecule has 1 aliphatic rings. The number of ether oxygens (including phenoxy) is 1. The van der Waals surface area contributed by atoms with Crippen LogP contribution < -0.4 is 15.4 Å². The minimum atomic E-state index is -0.229. The number of nitrogens with one attached hydrogen (secondary N) is 3. The summed E-state index contributed by atoms with van der Waals surface area (Å²) in [5.41, 5.74) is 2.98. The van der Waals surface area contributed by atoms with Crippen LogP contribution in [-0.4, -0.2) is 54.4 Å². The van der Waals surface area contributed by atoms with Gasteiger partial charge in [0.1, 0.15) is 5.75 Å². The van der Waals surface area contributed by atoms with Crippen LogP contribution in [0.25, 0.3) is 22.0 Å². The Hall–Kier alpha value is -3.06. The van der Waals surface area contributed by atoms with Gasteiger partial charge < -0.3 is 15.0 Å². The molecular formula is C22H27N5O2. The highest BCUT2D eigenvalue weighted by molar-refractivity contribution is 6.00. The molecule has 2 aromatic carbocycles. The van der Waals surface area contributed by atoms with Crippen LogP contribution in [0, 0.1) is 0 Å². The van der Waals surface area contributed by atoms with Crippen molar-refractivity contribution < 1.29 is 9.53 Å². The maximum Gasteiger partial charge on any atom is 0.320 e. The summed E-state index contributed by atoms with van der Waals surface area (Å²) >= 11 is 0. The number of aromatic amines is 1. The molecule has 0 radical (unpaired) electrons. The fourth-order valence-corrected chi connectivity index (χ4v) is 3.76. The van der Waals surface area contributed by atoms with Crippen LogP contribution in [0.15, 0.2) is 42.5 Å². The largest absolute Gasteiger partial charge is 0.497 e. The van der Waals surface area contributed by atoms with E-state index in [0.29, 0.717) is 12.4 Å². The van der Waals surface area contributed by atoms with Crippen LogP contribution in [0.5, 0.6) is 5.75 Å². The summed E-state index contributed by atoms with van der Waals surface area (Å²) in [7, 11) is 1.66. The Kier molecular flexibility index (Phi) is 5.95.